The average molecular weight is 466 g/mol. The van der Waals surface area contributed by atoms with Gasteiger partial charge in [-0.3, -0.25) is 0 Å². The number of ether oxygens (including phenoxy) is 3. The van der Waals surface area contributed by atoms with Gasteiger partial charge in [0.25, 0.3) is 0 Å². The van der Waals surface area contributed by atoms with E-state index in [2.05, 4.69) is 42.0 Å². The SMILES string of the molecule is COCCOc1cc2ncnc(Sc3cccc(-c4cc(C(C)(C)C)on4)c3)c2cc1OC. The minimum atomic E-state index is -0.0946. The van der Waals surface area contributed by atoms with Crippen LogP contribution in [0.1, 0.15) is 26.5 Å². The van der Waals surface area contributed by atoms with Crippen molar-refractivity contribution in [1.82, 2.24) is 15.1 Å². The Morgan fingerprint density at radius 2 is 1.82 bits per heavy atom. The molecule has 0 radical (unpaired) electrons. The molecule has 8 heteroatoms. The van der Waals surface area contributed by atoms with Crippen LogP contribution in [0.4, 0.5) is 0 Å². The molecule has 0 unspecified atom stereocenters. The van der Waals surface area contributed by atoms with Crippen LogP contribution in [0.3, 0.4) is 0 Å². The van der Waals surface area contributed by atoms with Gasteiger partial charge in [-0.2, -0.15) is 0 Å². The van der Waals surface area contributed by atoms with Gasteiger partial charge in [0.05, 0.1) is 19.2 Å². The fourth-order valence-corrected chi connectivity index (χ4v) is 4.15. The second kappa shape index (κ2) is 9.80. The molecule has 0 bridgehead atoms. The van der Waals surface area contributed by atoms with E-state index in [1.807, 2.05) is 36.4 Å². The molecule has 2 heterocycles. The van der Waals surface area contributed by atoms with Crippen molar-refractivity contribution in [3.05, 3.63) is 54.6 Å². The zero-order valence-corrected chi connectivity index (χ0v) is 20.2. The summed E-state index contributed by atoms with van der Waals surface area (Å²) in [5, 5.41) is 5.98. The molecule has 7 nitrogen and oxygen atoms in total. The maximum absolute atomic E-state index is 5.79. The summed E-state index contributed by atoms with van der Waals surface area (Å²) in [7, 11) is 3.26. The number of rotatable bonds is 8. The van der Waals surface area contributed by atoms with E-state index in [0.717, 1.165) is 37.8 Å². The Morgan fingerprint density at radius 1 is 0.970 bits per heavy atom. The van der Waals surface area contributed by atoms with Crippen molar-refractivity contribution in [2.45, 2.75) is 36.1 Å². The van der Waals surface area contributed by atoms with Crippen molar-refractivity contribution in [1.29, 1.82) is 0 Å². The average Bonchev–Trinajstić information content (AvgIpc) is 3.30. The molecule has 0 fully saturated rings. The van der Waals surface area contributed by atoms with E-state index in [9.17, 15) is 0 Å². The van der Waals surface area contributed by atoms with Crippen LogP contribution in [0.15, 0.2) is 63.2 Å². The van der Waals surface area contributed by atoms with E-state index in [-0.39, 0.29) is 5.41 Å². The Morgan fingerprint density at radius 3 is 2.55 bits per heavy atom. The van der Waals surface area contributed by atoms with Crippen LogP contribution < -0.4 is 9.47 Å². The lowest BCUT2D eigenvalue weighted by Gasteiger charge is -2.13. The first-order valence-corrected chi connectivity index (χ1v) is 11.4. The van der Waals surface area contributed by atoms with E-state index < -0.39 is 0 Å². The standard InChI is InChI=1S/C25H27N3O4S/c1-25(2,3)23-14-19(28-32-23)16-7-6-8-17(11-16)33-24-18-12-21(30-5)22(31-10-9-29-4)13-20(18)26-15-27-24/h6-8,11-15H,9-10H2,1-5H3. The van der Waals surface area contributed by atoms with Gasteiger partial charge >= 0.3 is 0 Å². The van der Waals surface area contributed by atoms with Crippen LogP contribution in [-0.4, -0.2) is 42.6 Å². The van der Waals surface area contributed by atoms with Crippen molar-refractivity contribution in [3.8, 4) is 22.8 Å². The lowest BCUT2D eigenvalue weighted by atomic mass is 9.93. The highest BCUT2D eigenvalue weighted by atomic mass is 32.2. The molecule has 2 aromatic carbocycles. The Bertz CT molecular complexity index is 1250. The molecule has 2 aromatic heterocycles. The predicted molar refractivity (Wildman–Crippen MR) is 128 cm³/mol. The van der Waals surface area contributed by atoms with E-state index >= 15 is 0 Å². The molecule has 0 atom stereocenters. The highest BCUT2D eigenvalue weighted by Crippen LogP contribution is 2.38. The van der Waals surface area contributed by atoms with E-state index in [0.29, 0.717) is 24.7 Å². The first-order chi connectivity index (χ1) is 15.9. The summed E-state index contributed by atoms with van der Waals surface area (Å²) in [5.41, 5.74) is 2.49. The first-order valence-electron chi connectivity index (χ1n) is 10.6. The van der Waals surface area contributed by atoms with Crippen LogP contribution in [0.2, 0.25) is 0 Å². The van der Waals surface area contributed by atoms with Crippen molar-refractivity contribution < 1.29 is 18.7 Å². The Kier molecular flexibility index (Phi) is 6.85. The molecular weight excluding hydrogens is 438 g/mol. The van der Waals surface area contributed by atoms with E-state index in [1.165, 1.54) is 0 Å². The number of nitrogens with zero attached hydrogens (tertiary/aromatic N) is 3. The summed E-state index contributed by atoms with van der Waals surface area (Å²) in [6.45, 7) is 7.23. The molecule has 0 saturated heterocycles. The van der Waals surface area contributed by atoms with Gasteiger partial charge < -0.3 is 18.7 Å². The summed E-state index contributed by atoms with van der Waals surface area (Å²) in [6, 6.07) is 14.0. The first kappa shape index (κ1) is 23.1. The van der Waals surface area contributed by atoms with Gasteiger partial charge in [-0.25, -0.2) is 9.97 Å². The van der Waals surface area contributed by atoms with Gasteiger partial charge in [-0.1, -0.05) is 49.8 Å². The van der Waals surface area contributed by atoms with Crippen molar-refractivity contribution >= 4 is 22.7 Å². The molecule has 4 rings (SSSR count). The van der Waals surface area contributed by atoms with Crippen molar-refractivity contribution in [2.75, 3.05) is 27.4 Å². The van der Waals surface area contributed by atoms with Crippen LogP contribution >= 0.6 is 11.8 Å². The third-order valence-corrected chi connectivity index (χ3v) is 6.03. The third kappa shape index (κ3) is 5.29. The third-order valence-electron chi connectivity index (χ3n) is 5.02. The molecule has 172 valence electrons. The summed E-state index contributed by atoms with van der Waals surface area (Å²) in [5.74, 6) is 2.11. The normalized spacial score (nSPS) is 11.7. The Hall–Kier alpha value is -3.10. The van der Waals surface area contributed by atoms with E-state index in [4.69, 9.17) is 18.7 Å². The molecule has 4 aromatic rings. The highest BCUT2D eigenvalue weighted by Gasteiger charge is 2.20. The van der Waals surface area contributed by atoms with Crippen LogP contribution in [0, 0.1) is 0 Å². The Balaban J connectivity index is 1.64. The molecule has 0 aliphatic heterocycles. The number of hydrogen-bond donors (Lipinski definition) is 0. The molecule has 0 spiro atoms. The number of methoxy groups -OCH3 is 2. The van der Waals surface area contributed by atoms with Crippen LogP contribution in [-0.2, 0) is 10.2 Å². The zero-order valence-electron chi connectivity index (χ0n) is 19.4. The van der Waals surface area contributed by atoms with Crippen molar-refractivity contribution in [2.24, 2.45) is 0 Å². The fraction of sp³-hybridized carbons (Fsp3) is 0.320. The van der Waals surface area contributed by atoms with Gasteiger partial charge in [-0.05, 0) is 18.2 Å². The predicted octanol–water partition coefficient (Wildman–Crippen LogP) is 5.77. The second-order valence-electron chi connectivity index (χ2n) is 8.50. The van der Waals surface area contributed by atoms with Gasteiger partial charge in [0.15, 0.2) is 11.5 Å². The zero-order chi connectivity index (χ0) is 23.4. The summed E-state index contributed by atoms with van der Waals surface area (Å²) in [6.07, 6.45) is 1.56. The van der Waals surface area contributed by atoms with E-state index in [1.54, 1.807) is 32.3 Å². The van der Waals surface area contributed by atoms with Gasteiger partial charge in [0.1, 0.15) is 29.4 Å². The lowest BCUT2D eigenvalue weighted by molar-refractivity contribution is 0.144. The van der Waals surface area contributed by atoms with Gasteiger partial charge in [0, 0.05) is 40.5 Å². The summed E-state index contributed by atoms with van der Waals surface area (Å²) >= 11 is 1.56. The maximum atomic E-state index is 5.79. The number of aromatic nitrogens is 3. The molecule has 0 aliphatic rings. The Labute approximate surface area is 197 Å². The van der Waals surface area contributed by atoms with Gasteiger partial charge in [0.2, 0.25) is 0 Å². The molecule has 33 heavy (non-hydrogen) atoms. The molecule has 0 N–H and O–H groups in total. The van der Waals surface area contributed by atoms with Crippen LogP contribution in [0.5, 0.6) is 11.5 Å². The largest absolute Gasteiger partial charge is 0.493 e. The van der Waals surface area contributed by atoms with Crippen molar-refractivity contribution in [3.63, 3.8) is 0 Å². The highest BCUT2D eigenvalue weighted by molar-refractivity contribution is 7.99. The minimum absolute atomic E-state index is 0.0946. The molecule has 0 saturated carbocycles. The smallest absolute Gasteiger partial charge is 0.163 e. The van der Waals surface area contributed by atoms with Crippen LogP contribution in [0.25, 0.3) is 22.2 Å². The number of benzene rings is 2. The quantitative estimate of drug-likeness (QED) is 0.240. The maximum Gasteiger partial charge on any atom is 0.163 e. The fourth-order valence-electron chi connectivity index (χ4n) is 3.22. The summed E-state index contributed by atoms with van der Waals surface area (Å²) in [4.78, 5) is 9.98. The molecule has 0 amide bonds. The lowest BCUT2D eigenvalue weighted by Crippen LogP contribution is -2.09. The summed E-state index contributed by atoms with van der Waals surface area (Å²) < 4.78 is 22.0. The molecular formula is C25H27N3O4S. The minimum Gasteiger partial charge on any atom is -0.493 e. The second-order valence-corrected chi connectivity index (χ2v) is 9.56. The topological polar surface area (TPSA) is 79.5 Å². The number of fused-ring (bicyclic) bond motifs is 1. The molecule has 0 aliphatic carbocycles. The number of hydrogen-bond acceptors (Lipinski definition) is 8. The monoisotopic (exact) mass is 465 g/mol. The van der Waals surface area contributed by atoms with Gasteiger partial charge in [-0.15, -0.1) is 0 Å².